The zero-order chi connectivity index (χ0) is 21.6. The molecule has 0 aliphatic rings. The lowest BCUT2D eigenvalue weighted by atomic mass is 10.2. The number of aromatic nitrogens is 1. The van der Waals surface area contributed by atoms with Crippen molar-refractivity contribution < 1.29 is 13.9 Å². The van der Waals surface area contributed by atoms with Gasteiger partial charge in [0.25, 0.3) is 5.91 Å². The molecule has 0 unspecified atom stereocenters. The normalized spacial score (nSPS) is 10.6. The summed E-state index contributed by atoms with van der Waals surface area (Å²) in [4.78, 5) is 16.9. The Balaban J connectivity index is 1.42. The summed E-state index contributed by atoms with van der Waals surface area (Å²) in [6, 6.07) is 21.5. The van der Waals surface area contributed by atoms with Crippen LogP contribution in [-0.2, 0) is 13.2 Å². The van der Waals surface area contributed by atoms with Crippen molar-refractivity contribution in [2.24, 2.45) is 0 Å². The summed E-state index contributed by atoms with van der Waals surface area (Å²) in [5.74, 6) is -0.0789. The molecular weight excluding hydrogens is 435 g/mol. The van der Waals surface area contributed by atoms with Crippen LogP contribution in [0, 0.1) is 5.82 Å². The number of nitrogens with one attached hydrogen (secondary N) is 1. The molecule has 31 heavy (non-hydrogen) atoms. The Morgan fingerprint density at radius 3 is 2.68 bits per heavy atom. The smallest absolute Gasteiger partial charge is 0.271 e. The van der Waals surface area contributed by atoms with Crippen molar-refractivity contribution in [3.8, 4) is 16.3 Å². The van der Waals surface area contributed by atoms with Crippen molar-refractivity contribution in [2.45, 2.75) is 13.2 Å². The van der Waals surface area contributed by atoms with Crippen LogP contribution in [0.4, 0.5) is 4.39 Å². The Bertz CT molecular complexity index is 1180. The van der Waals surface area contributed by atoms with Crippen LogP contribution >= 0.6 is 22.9 Å². The molecule has 156 valence electrons. The van der Waals surface area contributed by atoms with Gasteiger partial charge in [0, 0.05) is 23.1 Å². The van der Waals surface area contributed by atoms with Crippen LogP contribution in [0.1, 0.15) is 21.6 Å². The predicted molar refractivity (Wildman–Crippen MR) is 121 cm³/mol. The number of hydrogen-bond donors (Lipinski definition) is 1. The molecule has 0 aliphatic carbocycles. The van der Waals surface area contributed by atoms with E-state index in [4.69, 9.17) is 16.3 Å². The van der Waals surface area contributed by atoms with Crippen LogP contribution in [0.25, 0.3) is 10.6 Å². The Kier molecular flexibility index (Phi) is 6.60. The van der Waals surface area contributed by atoms with Crippen LogP contribution in [0.5, 0.6) is 5.75 Å². The molecule has 0 saturated heterocycles. The Morgan fingerprint density at radius 1 is 1.06 bits per heavy atom. The number of benzene rings is 3. The highest BCUT2D eigenvalue weighted by molar-refractivity contribution is 7.13. The van der Waals surface area contributed by atoms with Crippen molar-refractivity contribution in [1.29, 1.82) is 0 Å². The third-order valence-corrected chi connectivity index (χ3v) is 5.80. The maximum absolute atomic E-state index is 13.9. The van der Waals surface area contributed by atoms with Gasteiger partial charge < -0.3 is 10.1 Å². The number of halogens is 2. The standard InChI is InChI=1S/C24H18ClFN2O2S/c25-20-10-5-11-21(26)19(20)14-30-18-9-4-8-17(12-18)24-28-22(15-31-24)23(29)27-13-16-6-2-1-3-7-16/h1-12,15H,13-14H2,(H,27,29). The van der Waals surface area contributed by atoms with Gasteiger partial charge in [-0.1, -0.05) is 60.1 Å². The number of hydrogen-bond acceptors (Lipinski definition) is 4. The first-order valence-electron chi connectivity index (χ1n) is 9.54. The minimum atomic E-state index is -0.408. The van der Waals surface area contributed by atoms with E-state index >= 15 is 0 Å². The Labute approximate surface area is 188 Å². The second-order valence-corrected chi connectivity index (χ2v) is 7.99. The lowest BCUT2D eigenvalue weighted by molar-refractivity contribution is 0.0946. The maximum Gasteiger partial charge on any atom is 0.271 e. The molecule has 0 saturated carbocycles. The van der Waals surface area contributed by atoms with Crippen molar-refractivity contribution in [3.63, 3.8) is 0 Å². The van der Waals surface area contributed by atoms with Gasteiger partial charge in [-0.3, -0.25) is 4.79 Å². The molecule has 0 aliphatic heterocycles. The zero-order valence-corrected chi connectivity index (χ0v) is 17.9. The molecule has 0 spiro atoms. The molecule has 4 nitrogen and oxygen atoms in total. The third-order valence-electron chi connectivity index (χ3n) is 4.56. The quantitative estimate of drug-likeness (QED) is 0.368. The first-order valence-corrected chi connectivity index (χ1v) is 10.8. The summed E-state index contributed by atoms with van der Waals surface area (Å²) in [6.07, 6.45) is 0. The summed E-state index contributed by atoms with van der Waals surface area (Å²) in [7, 11) is 0. The van der Waals surface area contributed by atoms with E-state index in [1.165, 1.54) is 17.4 Å². The number of ether oxygens (including phenoxy) is 1. The molecular formula is C24H18ClFN2O2S. The lowest BCUT2D eigenvalue weighted by Crippen LogP contribution is -2.23. The molecule has 0 atom stereocenters. The molecule has 0 bridgehead atoms. The molecule has 4 rings (SSSR count). The van der Waals surface area contributed by atoms with E-state index in [1.54, 1.807) is 29.6 Å². The van der Waals surface area contributed by atoms with Gasteiger partial charge >= 0.3 is 0 Å². The van der Waals surface area contributed by atoms with E-state index in [0.29, 0.717) is 33.6 Å². The minimum Gasteiger partial charge on any atom is -0.489 e. The summed E-state index contributed by atoms with van der Waals surface area (Å²) in [6.45, 7) is 0.453. The lowest BCUT2D eigenvalue weighted by Gasteiger charge is -2.09. The molecule has 0 fully saturated rings. The summed E-state index contributed by atoms with van der Waals surface area (Å²) < 4.78 is 19.7. The highest BCUT2D eigenvalue weighted by Gasteiger charge is 2.13. The monoisotopic (exact) mass is 452 g/mol. The molecule has 7 heteroatoms. The van der Waals surface area contributed by atoms with Gasteiger partial charge in [0.2, 0.25) is 0 Å². The van der Waals surface area contributed by atoms with Crippen LogP contribution in [0.2, 0.25) is 5.02 Å². The van der Waals surface area contributed by atoms with Gasteiger partial charge in [0.1, 0.15) is 28.9 Å². The first kappa shape index (κ1) is 21.0. The fraction of sp³-hybridized carbons (Fsp3) is 0.0833. The Hall–Kier alpha value is -3.22. The molecule has 3 aromatic carbocycles. The van der Waals surface area contributed by atoms with E-state index in [2.05, 4.69) is 10.3 Å². The van der Waals surface area contributed by atoms with Gasteiger partial charge in [-0.2, -0.15) is 0 Å². The van der Waals surface area contributed by atoms with Crippen LogP contribution in [0.15, 0.2) is 78.2 Å². The summed E-state index contributed by atoms with van der Waals surface area (Å²) in [5, 5.41) is 5.61. The zero-order valence-electron chi connectivity index (χ0n) is 16.3. The van der Waals surface area contributed by atoms with E-state index < -0.39 is 5.82 Å². The average Bonchev–Trinajstić information content (AvgIpc) is 3.29. The van der Waals surface area contributed by atoms with Crippen molar-refractivity contribution in [1.82, 2.24) is 10.3 Å². The van der Waals surface area contributed by atoms with Crippen LogP contribution in [0.3, 0.4) is 0 Å². The molecule has 1 aromatic heterocycles. The molecule has 1 heterocycles. The molecule has 1 N–H and O–H groups in total. The van der Waals surface area contributed by atoms with Crippen molar-refractivity contribution >= 4 is 28.8 Å². The first-order chi connectivity index (χ1) is 15.1. The number of amides is 1. The minimum absolute atomic E-state index is 0.0139. The highest BCUT2D eigenvalue weighted by atomic mass is 35.5. The van der Waals surface area contributed by atoms with Crippen molar-refractivity contribution in [3.05, 3.63) is 106 Å². The summed E-state index contributed by atoms with van der Waals surface area (Å²) >= 11 is 7.43. The fourth-order valence-electron chi connectivity index (χ4n) is 2.92. The number of carbonyl (C=O) groups excluding carboxylic acids is 1. The fourth-order valence-corrected chi connectivity index (χ4v) is 3.94. The van der Waals surface area contributed by atoms with E-state index in [0.717, 1.165) is 11.1 Å². The van der Waals surface area contributed by atoms with Crippen molar-refractivity contribution in [2.75, 3.05) is 0 Å². The topological polar surface area (TPSA) is 51.2 Å². The maximum atomic E-state index is 13.9. The van der Waals surface area contributed by atoms with Crippen LogP contribution < -0.4 is 10.1 Å². The number of nitrogens with zero attached hydrogens (tertiary/aromatic N) is 1. The molecule has 4 aromatic rings. The number of thiazole rings is 1. The third kappa shape index (κ3) is 5.29. The van der Waals surface area contributed by atoms with Crippen LogP contribution in [-0.4, -0.2) is 10.9 Å². The van der Waals surface area contributed by atoms with Gasteiger partial charge in [0.15, 0.2) is 0 Å². The van der Waals surface area contributed by atoms with E-state index in [9.17, 15) is 9.18 Å². The Morgan fingerprint density at radius 2 is 1.87 bits per heavy atom. The second kappa shape index (κ2) is 9.73. The molecule has 0 radical (unpaired) electrons. The largest absolute Gasteiger partial charge is 0.489 e. The van der Waals surface area contributed by atoms with Gasteiger partial charge in [-0.05, 0) is 29.8 Å². The van der Waals surface area contributed by atoms with E-state index in [-0.39, 0.29) is 12.5 Å². The van der Waals surface area contributed by atoms with E-state index in [1.807, 2.05) is 42.5 Å². The summed E-state index contributed by atoms with van der Waals surface area (Å²) in [5.41, 5.74) is 2.50. The SMILES string of the molecule is O=C(NCc1ccccc1)c1csc(-c2cccc(OCc3c(F)cccc3Cl)c2)n1. The van der Waals surface area contributed by atoms with Gasteiger partial charge in [-0.15, -0.1) is 11.3 Å². The average molecular weight is 453 g/mol. The van der Waals surface area contributed by atoms with Gasteiger partial charge in [-0.25, -0.2) is 9.37 Å². The molecule has 1 amide bonds. The van der Waals surface area contributed by atoms with Gasteiger partial charge in [0.05, 0.1) is 5.02 Å². The highest BCUT2D eigenvalue weighted by Crippen LogP contribution is 2.28. The predicted octanol–water partition coefficient (Wildman–Crippen LogP) is 6.11. The number of carbonyl (C=O) groups is 1. The number of rotatable bonds is 7. The second-order valence-electron chi connectivity index (χ2n) is 6.72.